The molecular formula is C14H18ClNO3S2. The standard InChI is InChI=1S/C14H18ClNO3S2/c15-12-6-5-11(21-12)7-20-8-13(17)16-10-3-1-9(2-4-10)14(18)19/h5-6,9-10H,1-4,7-8H2,(H,16,17)(H,18,19). The van der Waals surface area contributed by atoms with Crippen LogP contribution in [0.4, 0.5) is 0 Å². The van der Waals surface area contributed by atoms with E-state index in [2.05, 4.69) is 5.32 Å². The van der Waals surface area contributed by atoms with Gasteiger partial charge in [-0.3, -0.25) is 9.59 Å². The average Bonchev–Trinajstić information content (AvgIpc) is 2.85. The van der Waals surface area contributed by atoms with E-state index in [-0.39, 0.29) is 17.9 Å². The van der Waals surface area contributed by atoms with Gasteiger partial charge in [-0.2, -0.15) is 0 Å². The molecule has 1 aromatic heterocycles. The van der Waals surface area contributed by atoms with Gasteiger partial charge in [-0.15, -0.1) is 23.1 Å². The highest BCUT2D eigenvalue weighted by Gasteiger charge is 2.26. The minimum absolute atomic E-state index is 0.0291. The molecule has 0 aromatic carbocycles. The second kappa shape index (κ2) is 8.06. The highest BCUT2D eigenvalue weighted by molar-refractivity contribution is 7.99. The summed E-state index contributed by atoms with van der Waals surface area (Å²) in [6, 6.07) is 3.97. The van der Waals surface area contributed by atoms with Crippen LogP contribution in [0, 0.1) is 5.92 Å². The van der Waals surface area contributed by atoms with Gasteiger partial charge in [0, 0.05) is 16.7 Å². The minimum atomic E-state index is -0.718. The van der Waals surface area contributed by atoms with Crippen LogP contribution in [0.25, 0.3) is 0 Å². The fourth-order valence-corrected chi connectivity index (χ4v) is 4.46. The van der Waals surface area contributed by atoms with Gasteiger partial charge in [0.1, 0.15) is 0 Å². The number of carboxylic acid groups (broad SMARTS) is 1. The smallest absolute Gasteiger partial charge is 0.306 e. The zero-order chi connectivity index (χ0) is 15.2. The molecule has 21 heavy (non-hydrogen) atoms. The quantitative estimate of drug-likeness (QED) is 0.827. The molecular weight excluding hydrogens is 330 g/mol. The van der Waals surface area contributed by atoms with Crippen molar-refractivity contribution in [2.75, 3.05) is 5.75 Å². The van der Waals surface area contributed by atoms with Gasteiger partial charge in [0.15, 0.2) is 0 Å². The van der Waals surface area contributed by atoms with Gasteiger partial charge >= 0.3 is 5.97 Å². The van der Waals surface area contributed by atoms with Crippen molar-refractivity contribution in [1.29, 1.82) is 0 Å². The maximum Gasteiger partial charge on any atom is 0.306 e. The lowest BCUT2D eigenvalue weighted by Crippen LogP contribution is -2.39. The summed E-state index contributed by atoms with van der Waals surface area (Å²) in [5.41, 5.74) is 0. The summed E-state index contributed by atoms with van der Waals surface area (Å²) < 4.78 is 0.769. The summed E-state index contributed by atoms with van der Waals surface area (Å²) in [6.45, 7) is 0. The van der Waals surface area contributed by atoms with Crippen LogP contribution >= 0.6 is 34.7 Å². The van der Waals surface area contributed by atoms with Gasteiger partial charge in [-0.05, 0) is 37.8 Å². The van der Waals surface area contributed by atoms with E-state index in [0.29, 0.717) is 18.6 Å². The van der Waals surface area contributed by atoms with Gasteiger partial charge in [0.25, 0.3) is 0 Å². The predicted octanol–water partition coefficient (Wildman–Crippen LogP) is 3.39. The van der Waals surface area contributed by atoms with E-state index in [9.17, 15) is 9.59 Å². The first-order valence-electron chi connectivity index (χ1n) is 6.88. The number of carbonyl (C=O) groups is 2. The van der Waals surface area contributed by atoms with E-state index in [4.69, 9.17) is 16.7 Å². The minimum Gasteiger partial charge on any atom is -0.481 e. The lowest BCUT2D eigenvalue weighted by Gasteiger charge is -2.26. The molecule has 0 bridgehead atoms. The molecule has 0 radical (unpaired) electrons. The number of aliphatic carboxylic acids is 1. The molecule has 0 atom stereocenters. The number of thiophene rings is 1. The number of hydrogen-bond acceptors (Lipinski definition) is 4. The number of amides is 1. The van der Waals surface area contributed by atoms with Crippen molar-refractivity contribution in [2.45, 2.75) is 37.5 Å². The molecule has 1 aliphatic carbocycles. The molecule has 0 unspecified atom stereocenters. The van der Waals surface area contributed by atoms with E-state index in [1.54, 1.807) is 11.8 Å². The predicted molar refractivity (Wildman–Crippen MR) is 87.0 cm³/mol. The highest BCUT2D eigenvalue weighted by atomic mass is 35.5. The van der Waals surface area contributed by atoms with Gasteiger partial charge in [0.2, 0.25) is 5.91 Å². The molecule has 7 heteroatoms. The van der Waals surface area contributed by atoms with Crippen molar-refractivity contribution >= 4 is 46.6 Å². The van der Waals surface area contributed by atoms with Gasteiger partial charge in [-0.25, -0.2) is 0 Å². The molecule has 1 aromatic rings. The summed E-state index contributed by atoms with van der Waals surface area (Å²) in [4.78, 5) is 23.9. The molecule has 1 amide bonds. The normalized spacial score (nSPS) is 22.0. The first-order chi connectivity index (χ1) is 10.0. The van der Waals surface area contributed by atoms with E-state index in [1.165, 1.54) is 16.2 Å². The van der Waals surface area contributed by atoms with Crippen LogP contribution in [0.1, 0.15) is 30.6 Å². The molecule has 1 heterocycles. The van der Waals surface area contributed by atoms with Crippen LogP contribution in [0.15, 0.2) is 12.1 Å². The molecule has 116 valence electrons. The van der Waals surface area contributed by atoms with E-state index >= 15 is 0 Å². The van der Waals surface area contributed by atoms with Crippen molar-refractivity contribution in [3.63, 3.8) is 0 Å². The van der Waals surface area contributed by atoms with Crippen LogP contribution in [-0.4, -0.2) is 28.8 Å². The molecule has 0 saturated heterocycles. The van der Waals surface area contributed by atoms with Crippen LogP contribution in [0.3, 0.4) is 0 Å². The van der Waals surface area contributed by atoms with E-state index in [1.807, 2.05) is 12.1 Å². The summed E-state index contributed by atoms with van der Waals surface area (Å²) in [6.07, 6.45) is 2.82. The highest BCUT2D eigenvalue weighted by Crippen LogP contribution is 2.26. The molecule has 0 aliphatic heterocycles. The van der Waals surface area contributed by atoms with Crippen molar-refractivity contribution in [2.24, 2.45) is 5.92 Å². The fraction of sp³-hybridized carbons (Fsp3) is 0.571. The Hall–Kier alpha value is -0.720. The zero-order valence-corrected chi connectivity index (χ0v) is 13.9. The van der Waals surface area contributed by atoms with Crippen LogP contribution in [0.5, 0.6) is 0 Å². The second-order valence-electron chi connectivity index (χ2n) is 5.15. The van der Waals surface area contributed by atoms with Gasteiger partial charge in [0.05, 0.1) is 16.0 Å². The molecule has 1 fully saturated rings. The Balaban J connectivity index is 1.62. The fourth-order valence-electron chi connectivity index (χ4n) is 2.43. The van der Waals surface area contributed by atoms with Crippen molar-refractivity contribution in [1.82, 2.24) is 5.32 Å². The third-order valence-electron chi connectivity index (χ3n) is 3.55. The number of nitrogens with one attached hydrogen (secondary N) is 1. The number of carboxylic acids is 1. The summed E-state index contributed by atoms with van der Waals surface area (Å²) in [5, 5.41) is 11.9. The number of carbonyl (C=O) groups excluding carboxylic acids is 1. The van der Waals surface area contributed by atoms with Crippen molar-refractivity contribution in [3.8, 4) is 0 Å². The Labute approximate surface area is 137 Å². The second-order valence-corrected chi connectivity index (χ2v) is 7.94. The number of rotatable bonds is 6. The maximum absolute atomic E-state index is 11.9. The lowest BCUT2D eigenvalue weighted by atomic mass is 9.86. The summed E-state index contributed by atoms with van der Waals surface area (Å²) in [7, 11) is 0. The third kappa shape index (κ3) is 5.52. The molecule has 2 rings (SSSR count). The van der Waals surface area contributed by atoms with Crippen LogP contribution in [0.2, 0.25) is 4.34 Å². The summed E-state index contributed by atoms with van der Waals surface area (Å²) in [5.74, 6) is 0.285. The van der Waals surface area contributed by atoms with E-state index < -0.39 is 5.97 Å². The Bertz CT molecular complexity index is 498. The Morgan fingerprint density at radius 2 is 2.05 bits per heavy atom. The lowest BCUT2D eigenvalue weighted by molar-refractivity contribution is -0.142. The Kier molecular flexibility index (Phi) is 6.39. The molecule has 4 nitrogen and oxygen atoms in total. The third-order valence-corrected chi connectivity index (χ3v) is 5.94. The SMILES string of the molecule is O=C(CSCc1ccc(Cl)s1)NC1CCC(C(=O)O)CC1. The van der Waals surface area contributed by atoms with Gasteiger partial charge in [-0.1, -0.05) is 11.6 Å². The van der Waals surface area contributed by atoms with E-state index in [0.717, 1.165) is 22.9 Å². The van der Waals surface area contributed by atoms with Crippen molar-refractivity contribution in [3.05, 3.63) is 21.3 Å². The first-order valence-corrected chi connectivity index (χ1v) is 9.23. The molecule has 0 spiro atoms. The summed E-state index contributed by atoms with van der Waals surface area (Å²) >= 11 is 8.96. The molecule has 1 saturated carbocycles. The number of hydrogen-bond donors (Lipinski definition) is 2. The Morgan fingerprint density at radius 1 is 1.33 bits per heavy atom. The molecule has 2 N–H and O–H groups in total. The Morgan fingerprint density at radius 3 is 2.62 bits per heavy atom. The maximum atomic E-state index is 11.9. The van der Waals surface area contributed by atoms with Crippen LogP contribution < -0.4 is 5.32 Å². The largest absolute Gasteiger partial charge is 0.481 e. The molecule has 1 aliphatic rings. The first kappa shape index (κ1) is 16.6. The monoisotopic (exact) mass is 347 g/mol. The van der Waals surface area contributed by atoms with Crippen molar-refractivity contribution < 1.29 is 14.7 Å². The average molecular weight is 348 g/mol. The number of halogens is 1. The van der Waals surface area contributed by atoms with Gasteiger partial charge < -0.3 is 10.4 Å². The topological polar surface area (TPSA) is 66.4 Å². The van der Waals surface area contributed by atoms with Crippen LogP contribution in [-0.2, 0) is 15.3 Å². The zero-order valence-electron chi connectivity index (χ0n) is 11.5. The number of thioether (sulfide) groups is 1.